The molecule has 2 fully saturated rings. The van der Waals surface area contributed by atoms with E-state index >= 15 is 4.39 Å². The molecule has 1 aliphatic carbocycles. The number of hydrazine groups is 1. The van der Waals surface area contributed by atoms with Crippen LogP contribution in [0.5, 0.6) is 6.01 Å². The van der Waals surface area contributed by atoms with Crippen LogP contribution < -0.4 is 26.2 Å². The Kier molecular flexibility index (Phi) is 9.88. The third kappa shape index (κ3) is 7.31. The number of ether oxygens (including phenoxy) is 1. The van der Waals surface area contributed by atoms with Crippen LogP contribution in [-0.4, -0.2) is 70.7 Å². The van der Waals surface area contributed by atoms with E-state index in [0.29, 0.717) is 31.8 Å². The summed E-state index contributed by atoms with van der Waals surface area (Å²) in [4.78, 5) is 46.3. The normalized spacial score (nSPS) is 17.4. The van der Waals surface area contributed by atoms with E-state index in [4.69, 9.17) is 9.84 Å². The Morgan fingerprint density at radius 3 is 2.42 bits per heavy atom. The van der Waals surface area contributed by atoms with Gasteiger partial charge in [0.2, 0.25) is 17.6 Å². The number of carbonyl (C=O) groups excluding carboxylic acids is 2. The Bertz CT molecular complexity index is 922. The highest BCUT2D eigenvalue weighted by Gasteiger charge is 2.29. The third-order valence-electron chi connectivity index (χ3n) is 6.72. The summed E-state index contributed by atoms with van der Waals surface area (Å²) < 4.78 is 20.4. The highest BCUT2D eigenvalue weighted by molar-refractivity contribution is 5.85. The molecule has 0 bridgehead atoms. The number of likely N-dealkylation sites (tertiary alicyclic amines) is 1. The zero-order chi connectivity index (χ0) is 26.1. The number of carbonyl (C=O) groups is 3. The Hall–Kier alpha value is -3.38. The number of rotatable bonds is 12. The lowest BCUT2D eigenvalue weighted by molar-refractivity contribution is -0.131. The molecule has 12 nitrogen and oxygen atoms in total. The summed E-state index contributed by atoms with van der Waals surface area (Å²) in [5, 5.41) is 14.1. The minimum atomic E-state index is -1.22. The van der Waals surface area contributed by atoms with Crippen LogP contribution in [0, 0.1) is 17.7 Å². The molecule has 1 saturated heterocycles. The van der Waals surface area contributed by atoms with Gasteiger partial charge in [-0.1, -0.05) is 32.6 Å². The average Bonchev–Trinajstić information content (AvgIpc) is 3.59. The quantitative estimate of drug-likeness (QED) is 0.267. The van der Waals surface area contributed by atoms with Crippen molar-refractivity contribution in [2.24, 2.45) is 11.8 Å². The number of anilines is 2. The SMILES string of the molecule is CC[C@H](Nc1nc(OC)nc(NNC(=O)C(CNC(=O)O)CC2CCCC2)c1F)C(=O)N1CCCC1. The van der Waals surface area contributed by atoms with Crippen molar-refractivity contribution in [3.8, 4) is 6.01 Å². The molecule has 1 saturated carbocycles. The molecule has 200 valence electrons. The fourth-order valence-electron chi connectivity index (χ4n) is 4.72. The van der Waals surface area contributed by atoms with Crippen molar-refractivity contribution in [1.82, 2.24) is 25.6 Å². The summed E-state index contributed by atoms with van der Waals surface area (Å²) in [6.45, 7) is 3.10. The Morgan fingerprint density at radius 1 is 1.14 bits per heavy atom. The summed E-state index contributed by atoms with van der Waals surface area (Å²) in [6.07, 6.45) is 5.76. The van der Waals surface area contributed by atoms with Crippen molar-refractivity contribution in [1.29, 1.82) is 0 Å². The second-order valence-electron chi connectivity index (χ2n) is 9.24. The lowest BCUT2D eigenvalue weighted by Gasteiger charge is -2.24. The van der Waals surface area contributed by atoms with E-state index in [9.17, 15) is 14.4 Å². The van der Waals surface area contributed by atoms with Crippen LogP contribution in [0.25, 0.3) is 0 Å². The Morgan fingerprint density at radius 2 is 1.81 bits per heavy atom. The molecule has 5 N–H and O–H groups in total. The summed E-state index contributed by atoms with van der Waals surface area (Å²) in [6, 6.07) is -0.841. The molecule has 0 aromatic carbocycles. The fourth-order valence-corrected chi connectivity index (χ4v) is 4.72. The van der Waals surface area contributed by atoms with Gasteiger partial charge in [-0.05, 0) is 31.6 Å². The number of methoxy groups -OCH3 is 1. The first-order chi connectivity index (χ1) is 17.3. The van der Waals surface area contributed by atoms with Gasteiger partial charge in [0.15, 0.2) is 11.6 Å². The first kappa shape index (κ1) is 27.2. The molecule has 3 amide bonds. The molecular formula is C23H36FN7O5. The maximum atomic E-state index is 15.3. The molecule has 2 heterocycles. The molecule has 1 aromatic heterocycles. The lowest BCUT2D eigenvalue weighted by Crippen LogP contribution is -2.42. The number of carboxylic acid groups (broad SMARTS) is 1. The lowest BCUT2D eigenvalue weighted by atomic mass is 9.92. The standard InChI is InChI=1S/C23H36FN7O5/c1-3-16(21(33)31-10-6-7-11-31)26-18-17(24)19(28-22(27-18)36-2)29-30-20(32)15(13-25-23(34)35)12-14-8-4-5-9-14/h14-16,25H,3-13H2,1-2H3,(H,30,32)(H,34,35)(H2,26,27,28,29)/t15?,16-/m0/s1. The molecule has 2 aliphatic rings. The summed E-state index contributed by atoms with van der Waals surface area (Å²) >= 11 is 0. The molecule has 1 unspecified atom stereocenters. The summed E-state index contributed by atoms with van der Waals surface area (Å²) in [7, 11) is 1.32. The molecule has 0 radical (unpaired) electrons. The van der Waals surface area contributed by atoms with Gasteiger partial charge < -0.3 is 25.4 Å². The first-order valence-electron chi connectivity index (χ1n) is 12.5. The summed E-state index contributed by atoms with van der Waals surface area (Å²) in [5.74, 6) is -2.38. The van der Waals surface area contributed by atoms with Gasteiger partial charge in [0, 0.05) is 19.6 Å². The van der Waals surface area contributed by atoms with Crippen LogP contribution in [0.3, 0.4) is 0 Å². The van der Waals surface area contributed by atoms with E-state index in [0.717, 1.165) is 38.5 Å². The molecular weight excluding hydrogens is 473 g/mol. The van der Waals surface area contributed by atoms with Gasteiger partial charge in [0.1, 0.15) is 6.04 Å². The van der Waals surface area contributed by atoms with Gasteiger partial charge in [-0.15, -0.1) is 0 Å². The molecule has 2 atom stereocenters. The van der Waals surface area contributed by atoms with E-state index in [2.05, 4.69) is 31.5 Å². The number of hydrogen-bond acceptors (Lipinski definition) is 8. The monoisotopic (exact) mass is 509 g/mol. The van der Waals surface area contributed by atoms with Gasteiger partial charge in [-0.3, -0.25) is 20.4 Å². The second-order valence-corrected chi connectivity index (χ2v) is 9.24. The predicted octanol–water partition coefficient (Wildman–Crippen LogP) is 2.34. The zero-order valence-electron chi connectivity index (χ0n) is 20.8. The molecule has 13 heteroatoms. The van der Waals surface area contributed by atoms with Crippen molar-refractivity contribution in [3.63, 3.8) is 0 Å². The average molecular weight is 510 g/mol. The number of nitrogens with zero attached hydrogens (tertiary/aromatic N) is 3. The first-order valence-corrected chi connectivity index (χ1v) is 12.5. The smallest absolute Gasteiger partial charge is 0.404 e. The zero-order valence-corrected chi connectivity index (χ0v) is 20.8. The molecule has 1 aliphatic heterocycles. The highest BCUT2D eigenvalue weighted by atomic mass is 19.1. The second kappa shape index (κ2) is 13.1. The van der Waals surface area contributed by atoms with Crippen LogP contribution in [0.2, 0.25) is 0 Å². The van der Waals surface area contributed by atoms with Gasteiger partial charge in [0.05, 0.1) is 13.0 Å². The van der Waals surface area contributed by atoms with Crippen LogP contribution in [-0.2, 0) is 9.59 Å². The molecule has 0 spiro atoms. The van der Waals surface area contributed by atoms with Gasteiger partial charge in [0.25, 0.3) is 0 Å². The van der Waals surface area contributed by atoms with Crippen molar-refractivity contribution < 1.29 is 28.6 Å². The number of aromatic nitrogens is 2. The van der Waals surface area contributed by atoms with Gasteiger partial charge >= 0.3 is 12.1 Å². The number of halogens is 1. The predicted molar refractivity (Wildman–Crippen MR) is 130 cm³/mol. The van der Waals surface area contributed by atoms with Crippen LogP contribution in [0.15, 0.2) is 0 Å². The third-order valence-corrected chi connectivity index (χ3v) is 6.72. The van der Waals surface area contributed by atoms with E-state index in [-0.39, 0.29) is 30.1 Å². The fraction of sp³-hybridized carbons (Fsp3) is 0.696. The highest BCUT2D eigenvalue weighted by Crippen LogP contribution is 2.30. The minimum Gasteiger partial charge on any atom is -0.467 e. The van der Waals surface area contributed by atoms with Crippen LogP contribution in [0.1, 0.15) is 58.3 Å². The Labute approximate surface area is 209 Å². The number of hydrogen-bond donors (Lipinski definition) is 5. The minimum absolute atomic E-state index is 0.0570. The van der Waals surface area contributed by atoms with E-state index < -0.39 is 29.8 Å². The van der Waals surface area contributed by atoms with Crippen molar-refractivity contribution in [2.45, 2.75) is 64.3 Å². The summed E-state index contributed by atoms with van der Waals surface area (Å²) in [5.41, 5.74) is 4.92. The van der Waals surface area contributed by atoms with Gasteiger partial charge in [-0.25, -0.2) is 4.79 Å². The van der Waals surface area contributed by atoms with Gasteiger partial charge in [-0.2, -0.15) is 14.4 Å². The Balaban J connectivity index is 1.70. The maximum absolute atomic E-state index is 15.3. The molecule has 1 aromatic rings. The van der Waals surface area contributed by atoms with E-state index in [1.54, 1.807) is 4.90 Å². The topological polar surface area (TPSA) is 158 Å². The van der Waals surface area contributed by atoms with Crippen molar-refractivity contribution >= 4 is 29.5 Å². The number of amides is 3. The van der Waals surface area contributed by atoms with Crippen LogP contribution in [0.4, 0.5) is 20.8 Å². The van der Waals surface area contributed by atoms with Crippen molar-refractivity contribution in [3.05, 3.63) is 5.82 Å². The largest absolute Gasteiger partial charge is 0.467 e. The molecule has 36 heavy (non-hydrogen) atoms. The van der Waals surface area contributed by atoms with E-state index in [1.165, 1.54) is 7.11 Å². The van der Waals surface area contributed by atoms with Crippen molar-refractivity contribution in [2.75, 3.05) is 37.5 Å². The van der Waals surface area contributed by atoms with Crippen LogP contribution >= 0.6 is 0 Å². The number of nitrogens with one attached hydrogen (secondary N) is 4. The maximum Gasteiger partial charge on any atom is 0.404 e. The molecule has 3 rings (SSSR count). The van der Waals surface area contributed by atoms with E-state index in [1.807, 2.05) is 6.92 Å².